The lowest BCUT2D eigenvalue weighted by Crippen LogP contribution is -2.30. The molecule has 2 aromatic carbocycles. The molecular weight excluding hydrogens is 412 g/mol. The van der Waals surface area contributed by atoms with Gasteiger partial charge in [-0.15, -0.1) is 0 Å². The van der Waals surface area contributed by atoms with Gasteiger partial charge < -0.3 is 24.8 Å². The topological polar surface area (TPSA) is 103 Å². The van der Waals surface area contributed by atoms with Gasteiger partial charge in [-0.05, 0) is 47.9 Å². The van der Waals surface area contributed by atoms with E-state index in [0.717, 1.165) is 5.56 Å². The van der Waals surface area contributed by atoms with E-state index in [-0.39, 0.29) is 12.5 Å². The quantitative estimate of drug-likeness (QED) is 0.434. The Labute approximate surface area is 187 Å². The van der Waals surface area contributed by atoms with Crippen molar-refractivity contribution in [1.29, 1.82) is 0 Å². The first-order valence-corrected chi connectivity index (χ1v) is 10.1. The summed E-state index contributed by atoms with van der Waals surface area (Å²) in [6.07, 6.45) is 3.03. The lowest BCUT2D eigenvalue weighted by molar-refractivity contribution is -0.139. The second-order valence-electron chi connectivity index (χ2n) is 7.28. The second-order valence-corrected chi connectivity index (χ2v) is 7.28. The molecule has 2 amide bonds. The number of ether oxygens (including phenoxy) is 3. The summed E-state index contributed by atoms with van der Waals surface area (Å²) in [5, 5.41) is 5.15. The molecule has 0 unspecified atom stereocenters. The first kappa shape index (κ1) is 24.5. The molecule has 0 aliphatic carbocycles. The summed E-state index contributed by atoms with van der Waals surface area (Å²) in [4.78, 5) is 35.6. The Hall–Kier alpha value is -3.81. The van der Waals surface area contributed by atoms with Crippen molar-refractivity contribution in [2.24, 2.45) is 5.92 Å². The molecule has 2 rings (SSSR count). The van der Waals surface area contributed by atoms with Crippen LogP contribution < -0.4 is 20.1 Å². The molecule has 2 aromatic rings. The standard InChI is InChI=1S/C24H28N2O6/c1-16(2)15-32-20-10-8-17(12-21(20)30-3)9-11-22(27)26-19-7-5-6-18(13-19)24(29)25-14-23(28)31-4/h5-13,16H,14-15H2,1-4H3,(H,25,29)(H,26,27). The highest BCUT2D eigenvalue weighted by Crippen LogP contribution is 2.29. The van der Waals surface area contributed by atoms with E-state index in [1.54, 1.807) is 43.5 Å². The van der Waals surface area contributed by atoms with Gasteiger partial charge in [0, 0.05) is 17.3 Å². The van der Waals surface area contributed by atoms with Crippen molar-refractivity contribution in [3.05, 3.63) is 59.7 Å². The van der Waals surface area contributed by atoms with E-state index in [9.17, 15) is 14.4 Å². The van der Waals surface area contributed by atoms with Gasteiger partial charge in [0.05, 0.1) is 20.8 Å². The fourth-order valence-corrected chi connectivity index (χ4v) is 2.58. The fourth-order valence-electron chi connectivity index (χ4n) is 2.58. The number of amides is 2. The Balaban J connectivity index is 2.00. The van der Waals surface area contributed by atoms with Crippen molar-refractivity contribution in [2.75, 3.05) is 32.7 Å². The smallest absolute Gasteiger partial charge is 0.325 e. The van der Waals surface area contributed by atoms with E-state index >= 15 is 0 Å². The molecule has 170 valence electrons. The normalized spacial score (nSPS) is 10.7. The summed E-state index contributed by atoms with van der Waals surface area (Å²) in [5.74, 6) is 0.249. The lowest BCUT2D eigenvalue weighted by Gasteiger charge is -2.12. The van der Waals surface area contributed by atoms with Gasteiger partial charge >= 0.3 is 5.97 Å². The van der Waals surface area contributed by atoms with Gasteiger partial charge in [0.1, 0.15) is 6.54 Å². The van der Waals surface area contributed by atoms with E-state index < -0.39 is 11.9 Å². The number of anilines is 1. The molecule has 8 heteroatoms. The van der Waals surface area contributed by atoms with Crippen LogP contribution in [0.15, 0.2) is 48.5 Å². The molecule has 0 aliphatic rings. The summed E-state index contributed by atoms with van der Waals surface area (Å²) in [7, 11) is 2.80. The van der Waals surface area contributed by atoms with Crippen LogP contribution >= 0.6 is 0 Å². The van der Waals surface area contributed by atoms with Gasteiger partial charge in [0.25, 0.3) is 5.91 Å². The van der Waals surface area contributed by atoms with Gasteiger partial charge in [0.15, 0.2) is 11.5 Å². The zero-order valence-corrected chi connectivity index (χ0v) is 18.6. The van der Waals surface area contributed by atoms with E-state index in [0.29, 0.717) is 35.3 Å². The lowest BCUT2D eigenvalue weighted by atomic mass is 10.1. The van der Waals surface area contributed by atoms with Gasteiger partial charge in [0.2, 0.25) is 5.91 Å². The van der Waals surface area contributed by atoms with Crippen LogP contribution in [0.2, 0.25) is 0 Å². The number of methoxy groups -OCH3 is 2. The first-order valence-electron chi connectivity index (χ1n) is 10.1. The molecular formula is C24H28N2O6. The zero-order valence-electron chi connectivity index (χ0n) is 18.6. The van der Waals surface area contributed by atoms with Gasteiger partial charge in [-0.1, -0.05) is 26.0 Å². The highest BCUT2D eigenvalue weighted by molar-refractivity contribution is 6.03. The van der Waals surface area contributed by atoms with Crippen LogP contribution in [0, 0.1) is 5.92 Å². The Morgan fingerprint density at radius 1 is 1.03 bits per heavy atom. The number of carbonyl (C=O) groups excluding carboxylic acids is 3. The number of rotatable bonds is 10. The zero-order chi connectivity index (χ0) is 23.5. The van der Waals surface area contributed by atoms with Gasteiger partial charge in [-0.25, -0.2) is 0 Å². The van der Waals surface area contributed by atoms with E-state index in [1.165, 1.54) is 19.3 Å². The number of esters is 1. The maximum Gasteiger partial charge on any atom is 0.325 e. The van der Waals surface area contributed by atoms with Crippen molar-refractivity contribution in [1.82, 2.24) is 5.32 Å². The van der Waals surface area contributed by atoms with E-state index in [1.807, 2.05) is 6.07 Å². The maximum atomic E-state index is 12.3. The molecule has 32 heavy (non-hydrogen) atoms. The molecule has 0 bridgehead atoms. The first-order chi connectivity index (χ1) is 15.3. The fraction of sp³-hybridized carbons (Fsp3) is 0.292. The highest BCUT2D eigenvalue weighted by Gasteiger charge is 2.10. The Kier molecular flexibility index (Phi) is 9.28. The summed E-state index contributed by atoms with van der Waals surface area (Å²) >= 11 is 0. The Bertz CT molecular complexity index is 984. The molecule has 0 heterocycles. The summed E-state index contributed by atoms with van der Waals surface area (Å²) < 4.78 is 15.6. The largest absolute Gasteiger partial charge is 0.493 e. The third-order valence-electron chi connectivity index (χ3n) is 4.20. The van der Waals surface area contributed by atoms with Crippen molar-refractivity contribution < 1.29 is 28.6 Å². The Morgan fingerprint density at radius 2 is 1.81 bits per heavy atom. The average molecular weight is 440 g/mol. The molecule has 8 nitrogen and oxygen atoms in total. The molecule has 0 fully saturated rings. The van der Waals surface area contributed by atoms with Crippen molar-refractivity contribution in [2.45, 2.75) is 13.8 Å². The van der Waals surface area contributed by atoms with Crippen LogP contribution in [0.3, 0.4) is 0 Å². The highest BCUT2D eigenvalue weighted by atomic mass is 16.5. The number of hydrogen-bond donors (Lipinski definition) is 2. The third kappa shape index (κ3) is 7.79. The molecule has 2 N–H and O–H groups in total. The van der Waals surface area contributed by atoms with Crippen molar-refractivity contribution in [3.8, 4) is 11.5 Å². The minimum Gasteiger partial charge on any atom is -0.493 e. The summed E-state index contributed by atoms with van der Waals surface area (Å²) in [5.41, 5.74) is 1.52. The molecule has 0 saturated heterocycles. The number of benzene rings is 2. The van der Waals surface area contributed by atoms with Crippen LogP contribution in [0.4, 0.5) is 5.69 Å². The minimum absolute atomic E-state index is 0.237. The van der Waals surface area contributed by atoms with Gasteiger partial charge in [-0.3, -0.25) is 14.4 Å². The van der Waals surface area contributed by atoms with E-state index in [2.05, 4.69) is 29.2 Å². The van der Waals surface area contributed by atoms with Crippen LogP contribution in [0.1, 0.15) is 29.8 Å². The van der Waals surface area contributed by atoms with Crippen LogP contribution in [0.5, 0.6) is 11.5 Å². The molecule has 0 atom stereocenters. The summed E-state index contributed by atoms with van der Waals surface area (Å²) in [6.45, 7) is 4.46. The maximum absolute atomic E-state index is 12.3. The number of hydrogen-bond acceptors (Lipinski definition) is 6. The number of nitrogens with one attached hydrogen (secondary N) is 2. The van der Waals surface area contributed by atoms with Crippen LogP contribution in [0.25, 0.3) is 6.08 Å². The molecule has 0 radical (unpaired) electrons. The molecule has 0 spiro atoms. The van der Waals surface area contributed by atoms with Gasteiger partial charge in [-0.2, -0.15) is 0 Å². The monoisotopic (exact) mass is 440 g/mol. The predicted molar refractivity (Wildman–Crippen MR) is 122 cm³/mol. The average Bonchev–Trinajstić information content (AvgIpc) is 2.79. The van der Waals surface area contributed by atoms with Crippen LogP contribution in [-0.2, 0) is 14.3 Å². The summed E-state index contributed by atoms with van der Waals surface area (Å²) in [6, 6.07) is 11.8. The van der Waals surface area contributed by atoms with Crippen LogP contribution in [-0.4, -0.2) is 45.2 Å². The van der Waals surface area contributed by atoms with E-state index in [4.69, 9.17) is 9.47 Å². The van der Waals surface area contributed by atoms with Crippen molar-refractivity contribution >= 4 is 29.5 Å². The molecule has 0 saturated carbocycles. The second kappa shape index (κ2) is 12.1. The predicted octanol–water partition coefficient (Wildman–Crippen LogP) is 3.28. The minimum atomic E-state index is -0.552. The van der Waals surface area contributed by atoms with Crippen molar-refractivity contribution in [3.63, 3.8) is 0 Å². The Morgan fingerprint density at radius 3 is 2.50 bits per heavy atom. The SMILES string of the molecule is COC(=O)CNC(=O)c1cccc(NC(=O)C=Cc2ccc(OCC(C)C)c(OC)c2)c1. The molecule has 0 aromatic heterocycles. The molecule has 0 aliphatic heterocycles. The number of carbonyl (C=O) groups is 3. The third-order valence-corrected chi connectivity index (χ3v) is 4.20.